The highest BCUT2D eigenvalue weighted by atomic mass is 35.5. The number of piperidine rings is 1. The van der Waals surface area contributed by atoms with E-state index in [0.717, 1.165) is 36.5 Å². The summed E-state index contributed by atoms with van der Waals surface area (Å²) in [6, 6.07) is 15.3. The molecule has 0 bridgehead atoms. The van der Waals surface area contributed by atoms with E-state index in [0.29, 0.717) is 28.6 Å². The van der Waals surface area contributed by atoms with E-state index in [-0.39, 0.29) is 5.56 Å². The normalized spacial score (nSPS) is 13.8. The van der Waals surface area contributed by atoms with Crippen molar-refractivity contribution in [3.05, 3.63) is 63.9 Å². The van der Waals surface area contributed by atoms with Crippen molar-refractivity contribution in [2.24, 2.45) is 0 Å². The molecule has 1 aromatic heterocycles. The van der Waals surface area contributed by atoms with Crippen molar-refractivity contribution in [1.29, 1.82) is 0 Å². The van der Waals surface area contributed by atoms with Crippen LogP contribution < -0.4 is 20.5 Å². The number of anilines is 2. The van der Waals surface area contributed by atoms with E-state index in [2.05, 4.69) is 17.1 Å². The van der Waals surface area contributed by atoms with Crippen LogP contribution in [0.25, 0.3) is 16.9 Å². The second-order valence-corrected chi connectivity index (χ2v) is 8.41. The summed E-state index contributed by atoms with van der Waals surface area (Å²) >= 11 is 6.59. The molecule has 2 aromatic carbocycles. The van der Waals surface area contributed by atoms with Crippen molar-refractivity contribution < 1.29 is 4.74 Å². The molecule has 1 aliphatic rings. The first kappa shape index (κ1) is 22.2. The highest BCUT2D eigenvalue weighted by molar-refractivity contribution is 6.32. The minimum Gasteiger partial charge on any atom is -0.497 e. The van der Waals surface area contributed by atoms with Crippen LogP contribution in [0.5, 0.6) is 5.75 Å². The molecule has 6 nitrogen and oxygen atoms in total. The van der Waals surface area contributed by atoms with E-state index in [1.807, 2.05) is 42.5 Å². The zero-order valence-corrected chi connectivity index (χ0v) is 19.4. The van der Waals surface area contributed by atoms with Crippen LogP contribution in [0.15, 0.2) is 53.3 Å². The van der Waals surface area contributed by atoms with Gasteiger partial charge in [-0.3, -0.25) is 4.79 Å². The van der Waals surface area contributed by atoms with Gasteiger partial charge in [0.1, 0.15) is 11.4 Å². The summed E-state index contributed by atoms with van der Waals surface area (Å²) in [5.74, 6) is 0.732. The van der Waals surface area contributed by atoms with Gasteiger partial charge < -0.3 is 15.0 Å². The van der Waals surface area contributed by atoms with Crippen LogP contribution in [0.4, 0.5) is 11.4 Å². The summed E-state index contributed by atoms with van der Waals surface area (Å²) in [5.41, 5.74) is 3.46. The van der Waals surface area contributed by atoms with Crippen LogP contribution >= 0.6 is 11.6 Å². The second kappa shape index (κ2) is 10.1. The van der Waals surface area contributed by atoms with E-state index in [1.54, 1.807) is 13.2 Å². The zero-order valence-electron chi connectivity index (χ0n) is 18.6. The molecule has 2 heterocycles. The molecule has 3 aromatic rings. The van der Waals surface area contributed by atoms with Gasteiger partial charge in [0.05, 0.1) is 23.5 Å². The third-order valence-electron chi connectivity index (χ3n) is 5.72. The Hall–Kier alpha value is -2.99. The average molecular weight is 453 g/mol. The Bertz CT molecular complexity index is 1140. The molecule has 0 atom stereocenters. The maximum absolute atomic E-state index is 13.4. The number of hydrogen-bond donors (Lipinski definition) is 1. The maximum Gasteiger partial charge on any atom is 0.294 e. The number of rotatable bonds is 7. The van der Waals surface area contributed by atoms with E-state index in [4.69, 9.17) is 21.4 Å². The first-order chi connectivity index (χ1) is 15.6. The fourth-order valence-corrected chi connectivity index (χ4v) is 4.18. The molecular weight excluding hydrogens is 424 g/mol. The van der Waals surface area contributed by atoms with Crippen molar-refractivity contribution >= 4 is 23.0 Å². The maximum atomic E-state index is 13.4. The fourth-order valence-electron chi connectivity index (χ4n) is 3.98. The molecule has 1 saturated heterocycles. The van der Waals surface area contributed by atoms with E-state index in [1.165, 1.54) is 23.9 Å². The van der Waals surface area contributed by atoms with Gasteiger partial charge in [0.2, 0.25) is 0 Å². The first-order valence-electron chi connectivity index (χ1n) is 11.2. The lowest BCUT2D eigenvalue weighted by Gasteiger charge is -2.29. The van der Waals surface area contributed by atoms with Gasteiger partial charge in [-0.05, 0) is 62.1 Å². The van der Waals surface area contributed by atoms with Crippen molar-refractivity contribution in [2.75, 3.05) is 37.0 Å². The Kier molecular flexibility index (Phi) is 7.00. The molecule has 0 aliphatic carbocycles. The third kappa shape index (κ3) is 4.75. The summed E-state index contributed by atoms with van der Waals surface area (Å²) in [4.78, 5) is 15.7. The molecule has 32 heavy (non-hydrogen) atoms. The van der Waals surface area contributed by atoms with Gasteiger partial charge in [0, 0.05) is 30.9 Å². The first-order valence-corrected chi connectivity index (χ1v) is 11.6. The summed E-state index contributed by atoms with van der Waals surface area (Å²) < 4.78 is 6.79. The van der Waals surface area contributed by atoms with Gasteiger partial charge in [-0.25, -0.2) is 0 Å². The third-order valence-corrected chi connectivity index (χ3v) is 6.04. The number of halogens is 1. The van der Waals surface area contributed by atoms with E-state index in [9.17, 15) is 4.79 Å². The Balaban J connectivity index is 1.84. The minimum atomic E-state index is -0.220. The van der Waals surface area contributed by atoms with Crippen LogP contribution in [0.2, 0.25) is 5.02 Å². The van der Waals surface area contributed by atoms with Crippen LogP contribution in [0.1, 0.15) is 32.6 Å². The smallest absolute Gasteiger partial charge is 0.294 e. The van der Waals surface area contributed by atoms with Crippen molar-refractivity contribution in [3.8, 4) is 22.7 Å². The number of ether oxygens (including phenoxy) is 1. The number of methoxy groups -OCH3 is 1. The lowest BCUT2D eigenvalue weighted by molar-refractivity contribution is 0.415. The summed E-state index contributed by atoms with van der Waals surface area (Å²) in [6.07, 6.45) is 4.51. The van der Waals surface area contributed by atoms with Crippen LogP contribution in [-0.2, 0) is 0 Å². The molecule has 7 heteroatoms. The van der Waals surface area contributed by atoms with E-state index < -0.39 is 0 Å². The lowest BCUT2D eigenvalue weighted by atomic mass is 10.1. The van der Waals surface area contributed by atoms with Crippen molar-refractivity contribution in [1.82, 2.24) is 9.78 Å². The van der Waals surface area contributed by atoms with Crippen molar-refractivity contribution in [3.63, 3.8) is 0 Å². The molecule has 168 valence electrons. The quantitative estimate of drug-likeness (QED) is 0.522. The molecule has 0 spiro atoms. The molecule has 1 N–H and O–H groups in total. The molecular formula is C25H29ClN4O2. The Labute approximate surface area is 193 Å². The fraction of sp³-hybridized carbons (Fsp3) is 0.360. The lowest BCUT2D eigenvalue weighted by Crippen LogP contribution is -2.30. The summed E-state index contributed by atoms with van der Waals surface area (Å²) in [6.45, 7) is 4.78. The molecule has 0 saturated carbocycles. The Morgan fingerprint density at radius 2 is 1.91 bits per heavy atom. The van der Waals surface area contributed by atoms with Crippen LogP contribution in [0.3, 0.4) is 0 Å². The summed E-state index contributed by atoms with van der Waals surface area (Å²) in [7, 11) is 1.63. The van der Waals surface area contributed by atoms with Gasteiger partial charge in [-0.2, -0.15) is 9.78 Å². The van der Waals surface area contributed by atoms with Crippen molar-refractivity contribution in [2.45, 2.75) is 32.6 Å². The largest absolute Gasteiger partial charge is 0.497 e. The summed E-state index contributed by atoms with van der Waals surface area (Å²) in [5, 5.41) is 8.45. The second-order valence-electron chi connectivity index (χ2n) is 8.00. The van der Waals surface area contributed by atoms with Gasteiger partial charge in [-0.15, -0.1) is 0 Å². The van der Waals surface area contributed by atoms with Gasteiger partial charge in [-0.1, -0.05) is 30.7 Å². The highest BCUT2D eigenvalue weighted by Crippen LogP contribution is 2.29. The van der Waals surface area contributed by atoms with Gasteiger partial charge in [0.15, 0.2) is 0 Å². The number of hydrogen-bond acceptors (Lipinski definition) is 5. The molecule has 0 amide bonds. The average Bonchev–Trinajstić information content (AvgIpc) is 2.84. The monoisotopic (exact) mass is 452 g/mol. The minimum absolute atomic E-state index is 0.220. The van der Waals surface area contributed by atoms with Crippen LogP contribution in [0, 0.1) is 0 Å². The number of benzene rings is 2. The Morgan fingerprint density at radius 3 is 2.66 bits per heavy atom. The van der Waals surface area contributed by atoms with Gasteiger partial charge >= 0.3 is 0 Å². The number of nitrogens with one attached hydrogen (secondary N) is 1. The molecule has 0 radical (unpaired) electrons. The predicted molar refractivity (Wildman–Crippen MR) is 132 cm³/mol. The SMILES string of the molecule is CCCNc1cc(-c2cccc(OC)c2)nn(-c2cc(N3CCCCC3)ccc2Cl)c1=O. The van der Waals surface area contributed by atoms with Crippen LogP contribution in [-0.4, -0.2) is 36.5 Å². The molecule has 1 aliphatic heterocycles. The predicted octanol–water partition coefficient (Wildman–Crippen LogP) is 5.37. The molecule has 0 unspecified atom stereocenters. The molecule has 1 fully saturated rings. The highest BCUT2D eigenvalue weighted by Gasteiger charge is 2.17. The Morgan fingerprint density at radius 1 is 1.09 bits per heavy atom. The molecule has 4 rings (SSSR count). The van der Waals surface area contributed by atoms with E-state index >= 15 is 0 Å². The zero-order chi connectivity index (χ0) is 22.5. The van der Waals surface area contributed by atoms with Gasteiger partial charge in [0.25, 0.3) is 5.56 Å². The topological polar surface area (TPSA) is 59.4 Å². The standard InChI is InChI=1S/C25H29ClN4O2/c1-3-12-27-23-17-22(18-8-7-9-20(15-18)32-2)28-30(25(23)31)24-16-19(10-11-21(24)26)29-13-5-4-6-14-29/h7-11,15-17,27H,3-6,12-14H2,1-2H3. The number of nitrogens with zero attached hydrogens (tertiary/aromatic N) is 3. The number of aromatic nitrogens is 2.